The van der Waals surface area contributed by atoms with Crippen molar-refractivity contribution in [3.05, 3.63) is 105 Å². The van der Waals surface area contributed by atoms with Gasteiger partial charge in [-0.1, -0.05) is 46.9 Å². The molecule has 3 N–H and O–H groups in total. The number of benzene rings is 2. The first-order valence-corrected chi connectivity index (χ1v) is 12.0. The number of aliphatic carboxylic acids is 1. The number of halogens is 3. The Labute approximate surface area is 227 Å². The Morgan fingerprint density at radius 1 is 0.865 bits per heavy atom. The number of nitrogens with zero attached hydrogens (tertiary/aromatic N) is 2. The van der Waals surface area contributed by atoms with Crippen LogP contribution in [0.15, 0.2) is 79.3 Å². The van der Waals surface area contributed by atoms with Crippen LogP contribution in [0.4, 0.5) is 11.4 Å². The van der Waals surface area contributed by atoms with E-state index in [4.69, 9.17) is 39.5 Å². The minimum absolute atomic E-state index is 0.124. The van der Waals surface area contributed by atoms with E-state index < -0.39 is 17.9 Å². The van der Waals surface area contributed by atoms with E-state index in [2.05, 4.69) is 20.6 Å². The number of anilines is 2. The Hall–Kier alpha value is -3.85. The van der Waals surface area contributed by atoms with Crippen molar-refractivity contribution in [2.45, 2.75) is 12.5 Å². The summed E-state index contributed by atoms with van der Waals surface area (Å²) in [6, 6.07) is 16.1. The summed E-state index contributed by atoms with van der Waals surface area (Å²) in [6.07, 6.45) is 4.36. The number of hydrogen-bond donors (Lipinski definition) is 3. The molecule has 2 aromatic carbocycles. The normalized spacial score (nSPS) is 11.4. The van der Waals surface area contributed by atoms with Gasteiger partial charge in [-0.05, 0) is 48.0 Å². The second kappa shape index (κ2) is 11.9. The van der Waals surface area contributed by atoms with E-state index in [0.29, 0.717) is 28.0 Å². The molecule has 4 aromatic rings. The van der Waals surface area contributed by atoms with Crippen LogP contribution < -0.4 is 15.4 Å². The van der Waals surface area contributed by atoms with E-state index in [1.807, 2.05) is 0 Å². The molecular formula is C26H19Cl3N4O4. The molecule has 1 unspecified atom stereocenters. The summed E-state index contributed by atoms with van der Waals surface area (Å²) in [7, 11) is 0. The molecular weight excluding hydrogens is 539 g/mol. The monoisotopic (exact) mass is 556 g/mol. The maximum Gasteiger partial charge on any atom is 0.326 e. The molecule has 0 spiro atoms. The van der Waals surface area contributed by atoms with Crippen molar-refractivity contribution in [2.24, 2.45) is 0 Å². The number of carbonyl (C=O) groups excluding carboxylic acids is 1. The Bertz CT molecular complexity index is 1380. The highest BCUT2D eigenvalue weighted by molar-refractivity contribution is 6.40. The van der Waals surface area contributed by atoms with E-state index in [1.165, 1.54) is 18.6 Å². The molecule has 2 heterocycles. The van der Waals surface area contributed by atoms with Crippen molar-refractivity contribution in [1.29, 1.82) is 0 Å². The molecule has 188 valence electrons. The molecule has 8 nitrogen and oxygen atoms in total. The molecule has 1 amide bonds. The number of ether oxygens (including phenoxy) is 1. The van der Waals surface area contributed by atoms with Crippen LogP contribution in [-0.2, 0) is 11.2 Å². The Morgan fingerprint density at radius 3 is 2.11 bits per heavy atom. The maximum absolute atomic E-state index is 12.5. The fourth-order valence-corrected chi connectivity index (χ4v) is 3.99. The summed E-state index contributed by atoms with van der Waals surface area (Å²) in [5.74, 6) is -0.557. The third kappa shape index (κ3) is 7.10. The van der Waals surface area contributed by atoms with Crippen LogP contribution in [0.1, 0.15) is 15.9 Å². The number of carbonyl (C=O) groups is 2. The number of rotatable bonds is 9. The van der Waals surface area contributed by atoms with Crippen LogP contribution in [0.3, 0.4) is 0 Å². The lowest BCUT2D eigenvalue weighted by molar-refractivity contribution is -0.137. The lowest BCUT2D eigenvalue weighted by Gasteiger charge is -2.17. The van der Waals surface area contributed by atoms with Gasteiger partial charge in [0.15, 0.2) is 0 Å². The number of carboxylic acid groups (broad SMARTS) is 1. The number of amides is 1. The predicted octanol–water partition coefficient (Wildman–Crippen LogP) is 6.59. The molecule has 0 saturated carbocycles. The molecule has 11 heteroatoms. The average Bonchev–Trinajstić information content (AvgIpc) is 2.87. The highest BCUT2D eigenvalue weighted by Gasteiger charge is 2.19. The van der Waals surface area contributed by atoms with Crippen molar-refractivity contribution >= 4 is 58.1 Å². The summed E-state index contributed by atoms with van der Waals surface area (Å²) in [4.78, 5) is 32.3. The van der Waals surface area contributed by atoms with E-state index in [0.717, 1.165) is 5.56 Å². The number of pyridine rings is 2. The predicted molar refractivity (Wildman–Crippen MR) is 143 cm³/mol. The van der Waals surface area contributed by atoms with Crippen LogP contribution in [0, 0.1) is 0 Å². The minimum atomic E-state index is -1.01. The number of nitrogens with one attached hydrogen (secondary N) is 2. The average molecular weight is 558 g/mol. The SMILES string of the molecule is O=C(Nc1ccc(CC(Nc2ccc(Oc3ccc(Cl)cn3)cc2)C(=O)O)cc1)c1c(Cl)cncc1Cl. The van der Waals surface area contributed by atoms with Crippen molar-refractivity contribution in [2.75, 3.05) is 10.6 Å². The van der Waals surface area contributed by atoms with Gasteiger partial charge in [0.1, 0.15) is 11.8 Å². The first kappa shape index (κ1) is 26.2. The lowest BCUT2D eigenvalue weighted by atomic mass is 10.0. The van der Waals surface area contributed by atoms with E-state index >= 15 is 0 Å². The Morgan fingerprint density at radius 2 is 1.51 bits per heavy atom. The summed E-state index contributed by atoms with van der Waals surface area (Å²) in [5.41, 5.74) is 1.99. The summed E-state index contributed by atoms with van der Waals surface area (Å²) < 4.78 is 5.65. The molecule has 0 bridgehead atoms. The van der Waals surface area contributed by atoms with Crippen molar-refractivity contribution in [1.82, 2.24) is 9.97 Å². The van der Waals surface area contributed by atoms with Gasteiger partial charge in [-0.3, -0.25) is 9.78 Å². The zero-order valence-electron chi connectivity index (χ0n) is 19.0. The zero-order chi connectivity index (χ0) is 26.4. The lowest BCUT2D eigenvalue weighted by Crippen LogP contribution is -2.31. The number of carboxylic acids is 1. The van der Waals surface area contributed by atoms with E-state index in [-0.39, 0.29) is 22.0 Å². The van der Waals surface area contributed by atoms with Gasteiger partial charge in [0.25, 0.3) is 5.91 Å². The molecule has 0 aliphatic rings. The smallest absolute Gasteiger partial charge is 0.326 e. The van der Waals surface area contributed by atoms with E-state index in [1.54, 1.807) is 60.7 Å². The Balaban J connectivity index is 1.37. The van der Waals surface area contributed by atoms with Gasteiger partial charge >= 0.3 is 5.97 Å². The van der Waals surface area contributed by atoms with Crippen molar-refractivity contribution in [3.8, 4) is 11.6 Å². The second-order valence-electron chi connectivity index (χ2n) is 7.81. The highest BCUT2D eigenvalue weighted by atomic mass is 35.5. The largest absolute Gasteiger partial charge is 0.480 e. The summed E-state index contributed by atoms with van der Waals surface area (Å²) in [5, 5.41) is 16.2. The number of aromatic nitrogens is 2. The quantitative estimate of drug-likeness (QED) is 0.213. The van der Waals surface area contributed by atoms with Crippen molar-refractivity contribution < 1.29 is 19.4 Å². The molecule has 0 radical (unpaired) electrons. The van der Waals surface area contributed by atoms with Gasteiger partial charge < -0.3 is 20.5 Å². The van der Waals surface area contributed by atoms with Crippen LogP contribution >= 0.6 is 34.8 Å². The summed E-state index contributed by atoms with van der Waals surface area (Å²) in [6.45, 7) is 0. The van der Waals surface area contributed by atoms with Crippen LogP contribution in [0.2, 0.25) is 15.1 Å². The van der Waals surface area contributed by atoms with Gasteiger partial charge in [0, 0.05) is 42.5 Å². The maximum atomic E-state index is 12.5. The molecule has 1 atom stereocenters. The van der Waals surface area contributed by atoms with Gasteiger partial charge in [0.2, 0.25) is 5.88 Å². The first-order chi connectivity index (χ1) is 17.8. The zero-order valence-corrected chi connectivity index (χ0v) is 21.3. The van der Waals surface area contributed by atoms with Gasteiger partial charge in [-0.15, -0.1) is 0 Å². The van der Waals surface area contributed by atoms with E-state index in [9.17, 15) is 14.7 Å². The Kier molecular flexibility index (Phi) is 8.45. The standard InChI is InChI=1S/C26H19Cl3N4O4/c27-16-3-10-23(31-12-16)37-19-8-6-17(7-9-19)32-22(26(35)36)11-15-1-4-18(5-2-15)33-25(34)24-20(28)13-30-14-21(24)29/h1-10,12-14,22,32H,11H2,(H,33,34)(H,35,36). The molecule has 4 rings (SSSR count). The molecule has 0 aliphatic heterocycles. The third-order valence-electron chi connectivity index (χ3n) is 5.15. The second-order valence-corrected chi connectivity index (χ2v) is 9.06. The topological polar surface area (TPSA) is 113 Å². The molecule has 0 fully saturated rings. The fourth-order valence-electron chi connectivity index (χ4n) is 3.35. The molecule has 0 aliphatic carbocycles. The van der Waals surface area contributed by atoms with Crippen LogP contribution in [0.5, 0.6) is 11.6 Å². The van der Waals surface area contributed by atoms with Gasteiger partial charge in [-0.2, -0.15) is 0 Å². The molecule has 0 saturated heterocycles. The van der Waals surface area contributed by atoms with Crippen LogP contribution in [0.25, 0.3) is 0 Å². The highest BCUT2D eigenvalue weighted by Crippen LogP contribution is 2.25. The van der Waals surface area contributed by atoms with Crippen LogP contribution in [-0.4, -0.2) is 33.0 Å². The first-order valence-electron chi connectivity index (χ1n) is 10.9. The van der Waals surface area contributed by atoms with Gasteiger partial charge in [0.05, 0.1) is 20.6 Å². The fraction of sp³-hybridized carbons (Fsp3) is 0.0769. The van der Waals surface area contributed by atoms with Gasteiger partial charge in [-0.25, -0.2) is 9.78 Å². The van der Waals surface area contributed by atoms with Crippen molar-refractivity contribution in [3.63, 3.8) is 0 Å². The third-order valence-corrected chi connectivity index (χ3v) is 5.94. The summed E-state index contributed by atoms with van der Waals surface area (Å²) >= 11 is 17.9. The number of hydrogen-bond acceptors (Lipinski definition) is 6. The minimum Gasteiger partial charge on any atom is -0.480 e. The molecule has 2 aromatic heterocycles. The molecule has 37 heavy (non-hydrogen) atoms.